The molecule has 0 radical (unpaired) electrons. The van der Waals surface area contributed by atoms with Crippen LogP contribution in [-0.2, 0) is 4.79 Å². The second kappa shape index (κ2) is 9.65. The molecule has 30 heavy (non-hydrogen) atoms. The standard InChI is InChI=1S/C23H23N3O4/c1-2-3-11-21(27)25-19(13-12-16-8-5-4-6-9-16)18-15-20(26(29)30)17-10-7-14-24-22(17)23(18)28/h4-10,12-15,19,28H,2-3,11H2,1H3,(H,25,27)/p-1/b13-12+/t19-/m1/s1. The number of pyridine rings is 1. The van der Waals surface area contributed by atoms with Gasteiger partial charge in [0.1, 0.15) is 0 Å². The van der Waals surface area contributed by atoms with E-state index in [1.165, 1.54) is 18.3 Å². The number of rotatable bonds is 8. The van der Waals surface area contributed by atoms with Crippen LogP contribution in [-0.4, -0.2) is 15.8 Å². The topological polar surface area (TPSA) is 108 Å². The Morgan fingerprint density at radius 2 is 2.00 bits per heavy atom. The second-order valence-electron chi connectivity index (χ2n) is 6.89. The van der Waals surface area contributed by atoms with Crippen LogP contribution in [0.25, 0.3) is 17.0 Å². The van der Waals surface area contributed by atoms with Gasteiger partial charge < -0.3 is 10.4 Å². The van der Waals surface area contributed by atoms with Crippen molar-refractivity contribution in [3.63, 3.8) is 0 Å². The molecule has 1 heterocycles. The maximum Gasteiger partial charge on any atom is 0.279 e. The molecule has 0 aliphatic heterocycles. The first-order valence-corrected chi connectivity index (χ1v) is 9.77. The molecule has 7 heteroatoms. The fraction of sp³-hybridized carbons (Fsp3) is 0.217. The number of nitro benzene ring substituents is 1. The molecule has 0 aliphatic rings. The van der Waals surface area contributed by atoms with Crippen molar-refractivity contribution in [2.75, 3.05) is 0 Å². The van der Waals surface area contributed by atoms with Crippen LogP contribution in [0.4, 0.5) is 5.69 Å². The zero-order chi connectivity index (χ0) is 21.5. The summed E-state index contributed by atoms with van der Waals surface area (Å²) in [7, 11) is 0. The predicted molar refractivity (Wildman–Crippen MR) is 114 cm³/mol. The van der Waals surface area contributed by atoms with Gasteiger partial charge in [-0.15, -0.1) is 0 Å². The molecule has 3 rings (SSSR count). The Morgan fingerprint density at radius 3 is 2.70 bits per heavy atom. The van der Waals surface area contributed by atoms with Gasteiger partial charge in [0.2, 0.25) is 5.91 Å². The summed E-state index contributed by atoms with van der Waals surface area (Å²) < 4.78 is 0. The number of carbonyl (C=O) groups is 1. The minimum Gasteiger partial charge on any atom is -0.871 e. The Hall–Kier alpha value is -3.74. The van der Waals surface area contributed by atoms with Gasteiger partial charge in [0.15, 0.2) is 0 Å². The summed E-state index contributed by atoms with van der Waals surface area (Å²) in [5, 5.41) is 27.7. The summed E-state index contributed by atoms with van der Waals surface area (Å²) in [5.41, 5.74) is 0.798. The minimum atomic E-state index is -0.813. The molecular weight excluding hydrogens is 382 g/mol. The van der Waals surface area contributed by atoms with E-state index in [9.17, 15) is 20.0 Å². The predicted octanol–water partition coefficient (Wildman–Crippen LogP) is 4.28. The van der Waals surface area contributed by atoms with E-state index in [4.69, 9.17) is 0 Å². The number of hydrogen-bond acceptors (Lipinski definition) is 5. The number of amides is 1. The summed E-state index contributed by atoms with van der Waals surface area (Å²) in [6, 6.07) is 12.9. The maximum absolute atomic E-state index is 13.1. The van der Waals surface area contributed by atoms with Crippen LogP contribution in [0.15, 0.2) is 60.8 Å². The fourth-order valence-electron chi connectivity index (χ4n) is 3.19. The van der Waals surface area contributed by atoms with E-state index in [2.05, 4.69) is 10.3 Å². The Kier molecular flexibility index (Phi) is 6.75. The van der Waals surface area contributed by atoms with Crippen LogP contribution in [0.3, 0.4) is 0 Å². The molecule has 0 bridgehead atoms. The third kappa shape index (κ3) is 4.81. The van der Waals surface area contributed by atoms with Crippen molar-refractivity contribution in [1.82, 2.24) is 10.3 Å². The van der Waals surface area contributed by atoms with Gasteiger partial charge in [-0.2, -0.15) is 0 Å². The highest BCUT2D eigenvalue weighted by molar-refractivity contribution is 5.93. The van der Waals surface area contributed by atoms with Crippen molar-refractivity contribution in [3.05, 3.63) is 82.0 Å². The SMILES string of the molecule is CCCCC(=O)N[C@H](/C=C/c1ccccc1)c1cc([N+](=O)[O-])c2cccnc2c1[O-]. The third-order valence-corrected chi connectivity index (χ3v) is 4.74. The first kappa shape index (κ1) is 21.0. The summed E-state index contributed by atoms with van der Waals surface area (Å²) in [4.78, 5) is 27.5. The number of carbonyl (C=O) groups excluding carboxylic acids is 1. The largest absolute Gasteiger partial charge is 0.871 e. The average Bonchev–Trinajstić information content (AvgIpc) is 2.76. The lowest BCUT2D eigenvalue weighted by molar-refractivity contribution is -0.383. The van der Waals surface area contributed by atoms with Crippen LogP contribution < -0.4 is 10.4 Å². The highest BCUT2D eigenvalue weighted by Gasteiger charge is 2.21. The Bertz CT molecular complexity index is 1080. The monoisotopic (exact) mass is 404 g/mol. The number of unbranched alkanes of at least 4 members (excludes halogenated alkanes) is 1. The Balaban J connectivity index is 2.08. The molecular formula is C23H22N3O4-. The summed E-state index contributed by atoms with van der Waals surface area (Å²) >= 11 is 0. The summed E-state index contributed by atoms with van der Waals surface area (Å²) in [6.45, 7) is 1.98. The van der Waals surface area contributed by atoms with Gasteiger partial charge in [0.05, 0.1) is 21.9 Å². The normalized spacial score (nSPS) is 12.2. The Labute approximate surface area is 174 Å². The first-order chi connectivity index (χ1) is 14.5. The number of nitro groups is 1. The molecule has 154 valence electrons. The zero-order valence-electron chi connectivity index (χ0n) is 16.6. The van der Waals surface area contributed by atoms with Gasteiger partial charge in [-0.25, -0.2) is 0 Å². The number of non-ortho nitro benzene ring substituents is 1. The van der Waals surface area contributed by atoms with E-state index in [0.717, 1.165) is 12.0 Å². The lowest BCUT2D eigenvalue weighted by Gasteiger charge is -2.23. The van der Waals surface area contributed by atoms with Gasteiger partial charge in [0.25, 0.3) is 5.69 Å². The van der Waals surface area contributed by atoms with E-state index in [-0.39, 0.29) is 28.1 Å². The lowest BCUT2D eigenvalue weighted by atomic mass is 9.99. The smallest absolute Gasteiger partial charge is 0.279 e. The first-order valence-electron chi connectivity index (χ1n) is 9.77. The van der Waals surface area contributed by atoms with Crippen molar-refractivity contribution in [2.45, 2.75) is 32.2 Å². The van der Waals surface area contributed by atoms with Crippen molar-refractivity contribution >= 4 is 28.6 Å². The van der Waals surface area contributed by atoms with E-state index in [1.807, 2.05) is 37.3 Å². The van der Waals surface area contributed by atoms with E-state index in [1.54, 1.807) is 18.2 Å². The number of hydrogen-bond donors (Lipinski definition) is 1. The number of fused-ring (bicyclic) bond motifs is 1. The third-order valence-electron chi connectivity index (χ3n) is 4.74. The summed E-state index contributed by atoms with van der Waals surface area (Å²) in [6.07, 6.45) is 6.76. The van der Waals surface area contributed by atoms with Gasteiger partial charge in [-0.1, -0.05) is 61.6 Å². The molecule has 7 nitrogen and oxygen atoms in total. The molecule has 1 aromatic heterocycles. The number of nitrogens with one attached hydrogen (secondary N) is 1. The molecule has 3 aromatic rings. The van der Waals surface area contributed by atoms with Gasteiger partial charge in [-0.3, -0.25) is 19.9 Å². The van der Waals surface area contributed by atoms with E-state index < -0.39 is 16.7 Å². The molecule has 0 saturated carbocycles. The highest BCUT2D eigenvalue weighted by atomic mass is 16.6. The molecule has 1 N–H and O–H groups in total. The lowest BCUT2D eigenvalue weighted by Crippen LogP contribution is -2.28. The Morgan fingerprint density at radius 1 is 1.23 bits per heavy atom. The van der Waals surface area contributed by atoms with E-state index in [0.29, 0.717) is 12.8 Å². The minimum absolute atomic E-state index is 0.0163. The summed E-state index contributed by atoms with van der Waals surface area (Å²) in [5.74, 6) is -0.655. The van der Waals surface area contributed by atoms with Crippen molar-refractivity contribution in [1.29, 1.82) is 0 Å². The van der Waals surface area contributed by atoms with Crippen LogP contribution >= 0.6 is 0 Å². The molecule has 0 unspecified atom stereocenters. The molecule has 0 saturated heterocycles. The highest BCUT2D eigenvalue weighted by Crippen LogP contribution is 2.36. The van der Waals surface area contributed by atoms with Crippen LogP contribution in [0.5, 0.6) is 5.75 Å². The van der Waals surface area contributed by atoms with Gasteiger partial charge in [0, 0.05) is 18.7 Å². The maximum atomic E-state index is 13.1. The van der Waals surface area contributed by atoms with Crippen LogP contribution in [0, 0.1) is 10.1 Å². The fourth-order valence-corrected chi connectivity index (χ4v) is 3.19. The van der Waals surface area contributed by atoms with Gasteiger partial charge in [-0.05, 0) is 29.7 Å². The second-order valence-corrected chi connectivity index (χ2v) is 6.89. The molecule has 2 aromatic carbocycles. The van der Waals surface area contributed by atoms with E-state index >= 15 is 0 Å². The number of benzene rings is 2. The number of aromatic nitrogens is 1. The van der Waals surface area contributed by atoms with Gasteiger partial charge >= 0.3 is 0 Å². The zero-order valence-corrected chi connectivity index (χ0v) is 16.6. The van der Waals surface area contributed by atoms with Crippen LogP contribution in [0.2, 0.25) is 0 Å². The molecule has 1 atom stereocenters. The quantitative estimate of drug-likeness (QED) is 0.445. The van der Waals surface area contributed by atoms with Crippen LogP contribution in [0.1, 0.15) is 43.4 Å². The number of nitrogens with zero attached hydrogens (tertiary/aromatic N) is 2. The molecule has 0 aliphatic carbocycles. The average molecular weight is 404 g/mol. The molecule has 0 spiro atoms. The van der Waals surface area contributed by atoms with Crippen molar-refractivity contribution in [3.8, 4) is 5.75 Å². The van der Waals surface area contributed by atoms with Crippen molar-refractivity contribution < 1.29 is 14.8 Å². The molecule has 0 fully saturated rings. The molecule has 1 amide bonds. The van der Waals surface area contributed by atoms with Crippen molar-refractivity contribution in [2.24, 2.45) is 0 Å².